The summed E-state index contributed by atoms with van der Waals surface area (Å²) in [5.41, 5.74) is 0. The molecule has 0 bridgehead atoms. The Balaban J connectivity index is 2.17. The Morgan fingerprint density at radius 3 is 2.65 bits per heavy atom. The topological polar surface area (TPSA) is 74.7 Å². The van der Waals surface area contributed by atoms with Crippen molar-refractivity contribution in [3.8, 4) is 0 Å². The minimum absolute atomic E-state index is 0.135. The van der Waals surface area contributed by atoms with E-state index in [2.05, 4.69) is 0 Å². The van der Waals surface area contributed by atoms with E-state index in [0.29, 0.717) is 13.0 Å². The highest BCUT2D eigenvalue weighted by molar-refractivity contribution is 7.89. The summed E-state index contributed by atoms with van der Waals surface area (Å²) in [4.78, 5) is 11.8. The normalized spacial score (nSPS) is 11.9. The van der Waals surface area contributed by atoms with Gasteiger partial charge in [-0.25, -0.2) is 17.5 Å². The lowest BCUT2D eigenvalue weighted by molar-refractivity contribution is 0.0698. The van der Waals surface area contributed by atoms with Crippen LogP contribution in [0.3, 0.4) is 0 Å². The molecule has 0 unspecified atom stereocenters. The zero-order valence-corrected chi connectivity index (χ0v) is 13.1. The monoisotopic (exact) mass is 331 g/mol. The van der Waals surface area contributed by atoms with Gasteiger partial charge in [0.15, 0.2) is 0 Å². The van der Waals surface area contributed by atoms with Crippen LogP contribution in [0.1, 0.15) is 14.5 Å². The summed E-state index contributed by atoms with van der Waals surface area (Å²) in [6, 6.07) is 5.19. The van der Waals surface area contributed by atoms with Gasteiger partial charge in [0, 0.05) is 18.5 Å². The van der Waals surface area contributed by atoms with Crippen LogP contribution in [0, 0.1) is 0 Å². The van der Waals surface area contributed by atoms with Crippen molar-refractivity contribution in [3.63, 3.8) is 0 Å². The average molecular weight is 331 g/mol. The maximum atomic E-state index is 12.4. The smallest absolute Gasteiger partial charge is 0.347 e. The molecule has 0 radical (unpaired) electrons. The molecule has 0 saturated heterocycles. The maximum Gasteiger partial charge on any atom is 0.347 e. The van der Waals surface area contributed by atoms with Gasteiger partial charge in [0.1, 0.15) is 9.77 Å². The molecule has 0 saturated carbocycles. The van der Waals surface area contributed by atoms with E-state index in [-0.39, 0.29) is 9.77 Å². The minimum Gasteiger partial charge on any atom is -0.477 e. The van der Waals surface area contributed by atoms with Crippen molar-refractivity contribution in [3.05, 3.63) is 38.7 Å². The van der Waals surface area contributed by atoms with Crippen LogP contribution in [0.2, 0.25) is 0 Å². The summed E-state index contributed by atoms with van der Waals surface area (Å²) in [5.74, 6) is -1.22. The molecule has 20 heavy (non-hydrogen) atoms. The van der Waals surface area contributed by atoms with Gasteiger partial charge in [0.25, 0.3) is 0 Å². The number of nitrogens with zero attached hydrogens (tertiary/aromatic N) is 1. The zero-order valence-electron chi connectivity index (χ0n) is 10.6. The molecule has 0 aliphatic heterocycles. The lowest BCUT2D eigenvalue weighted by Crippen LogP contribution is -2.29. The number of thiophene rings is 2. The van der Waals surface area contributed by atoms with Gasteiger partial charge in [-0.2, -0.15) is 0 Å². The van der Waals surface area contributed by atoms with Gasteiger partial charge in [-0.1, -0.05) is 6.07 Å². The maximum absolute atomic E-state index is 12.4. The molecule has 0 fully saturated rings. The number of sulfonamides is 1. The molecule has 1 N–H and O–H groups in total. The van der Waals surface area contributed by atoms with Gasteiger partial charge >= 0.3 is 5.97 Å². The Kier molecular flexibility index (Phi) is 4.59. The predicted molar refractivity (Wildman–Crippen MR) is 79.1 cm³/mol. The summed E-state index contributed by atoms with van der Waals surface area (Å²) < 4.78 is 25.9. The number of aromatic carboxylic acids is 1. The van der Waals surface area contributed by atoms with E-state index in [0.717, 1.165) is 16.2 Å². The van der Waals surface area contributed by atoms with Crippen molar-refractivity contribution < 1.29 is 18.3 Å². The standard InChI is InChI=1S/C12H13NO4S3/c1-13(6-4-9-3-2-7-18-9)20(16,17)10-5-8-19-11(10)12(14)15/h2-3,5,7-8H,4,6H2,1H3,(H,14,15). The molecule has 0 amide bonds. The highest BCUT2D eigenvalue weighted by Gasteiger charge is 2.27. The third kappa shape index (κ3) is 3.09. The lowest BCUT2D eigenvalue weighted by atomic mass is 10.3. The van der Waals surface area contributed by atoms with Crippen molar-refractivity contribution in [2.75, 3.05) is 13.6 Å². The summed E-state index contributed by atoms with van der Waals surface area (Å²) >= 11 is 2.48. The molecule has 8 heteroatoms. The summed E-state index contributed by atoms with van der Waals surface area (Å²) in [6.45, 7) is 0.317. The number of hydrogen-bond acceptors (Lipinski definition) is 5. The highest BCUT2D eigenvalue weighted by atomic mass is 32.2. The average Bonchev–Trinajstić information content (AvgIpc) is 3.06. The minimum atomic E-state index is -3.76. The lowest BCUT2D eigenvalue weighted by Gasteiger charge is -2.16. The number of carboxylic acids is 1. The van der Waals surface area contributed by atoms with Crippen LogP contribution in [0.25, 0.3) is 0 Å². The third-order valence-electron chi connectivity index (χ3n) is 2.76. The van der Waals surface area contributed by atoms with E-state index in [1.54, 1.807) is 11.3 Å². The molecule has 2 rings (SSSR count). The Bertz CT molecular complexity index is 688. The van der Waals surface area contributed by atoms with Gasteiger partial charge in [0.05, 0.1) is 0 Å². The molecule has 108 valence electrons. The number of carbonyl (C=O) groups is 1. The Hall–Kier alpha value is -1.22. The van der Waals surface area contributed by atoms with E-state index < -0.39 is 16.0 Å². The van der Waals surface area contributed by atoms with Crippen LogP contribution in [0.5, 0.6) is 0 Å². The molecule has 0 spiro atoms. The second-order valence-corrected chi connectivity index (χ2v) is 8.04. The van der Waals surface area contributed by atoms with Crippen LogP contribution in [-0.4, -0.2) is 37.4 Å². The number of carboxylic acid groups (broad SMARTS) is 1. The molecule has 0 aliphatic carbocycles. The number of hydrogen-bond donors (Lipinski definition) is 1. The number of rotatable bonds is 6. The van der Waals surface area contributed by atoms with Gasteiger partial charge in [-0.3, -0.25) is 0 Å². The fourth-order valence-electron chi connectivity index (χ4n) is 1.67. The molecule has 2 heterocycles. The molecular weight excluding hydrogens is 318 g/mol. The first-order chi connectivity index (χ1) is 9.43. The van der Waals surface area contributed by atoms with Gasteiger partial charge < -0.3 is 5.11 Å². The van der Waals surface area contributed by atoms with Gasteiger partial charge in [-0.15, -0.1) is 22.7 Å². The molecule has 0 aliphatic rings. The molecule has 2 aromatic rings. The highest BCUT2D eigenvalue weighted by Crippen LogP contribution is 2.24. The molecule has 5 nitrogen and oxygen atoms in total. The van der Waals surface area contributed by atoms with Crippen molar-refractivity contribution in [2.45, 2.75) is 11.3 Å². The second-order valence-electron chi connectivity index (χ2n) is 4.08. The fraction of sp³-hybridized carbons (Fsp3) is 0.250. The van der Waals surface area contributed by atoms with Crippen molar-refractivity contribution in [1.29, 1.82) is 0 Å². The first kappa shape index (κ1) is 15.2. The Morgan fingerprint density at radius 1 is 1.30 bits per heavy atom. The van der Waals surface area contributed by atoms with Crippen LogP contribution >= 0.6 is 22.7 Å². The molecule has 0 atom stereocenters. The quantitative estimate of drug-likeness (QED) is 0.882. The Morgan fingerprint density at radius 2 is 2.05 bits per heavy atom. The van der Waals surface area contributed by atoms with Gasteiger partial charge in [0.2, 0.25) is 10.0 Å². The summed E-state index contributed by atoms with van der Waals surface area (Å²) in [5, 5.41) is 12.4. The SMILES string of the molecule is CN(CCc1cccs1)S(=O)(=O)c1ccsc1C(=O)O. The van der Waals surface area contributed by atoms with Crippen molar-refractivity contribution in [1.82, 2.24) is 4.31 Å². The summed E-state index contributed by atoms with van der Waals surface area (Å²) in [6.07, 6.45) is 0.611. The van der Waals surface area contributed by atoms with E-state index in [1.807, 2.05) is 17.5 Å². The third-order valence-corrected chi connectivity index (χ3v) is 6.63. The largest absolute Gasteiger partial charge is 0.477 e. The molecule has 2 aromatic heterocycles. The first-order valence-electron chi connectivity index (χ1n) is 5.72. The van der Waals surface area contributed by atoms with Crippen LogP contribution < -0.4 is 0 Å². The molecule has 0 aromatic carbocycles. The zero-order chi connectivity index (χ0) is 14.8. The van der Waals surface area contributed by atoms with Crippen LogP contribution in [0.15, 0.2) is 33.9 Å². The van der Waals surface area contributed by atoms with E-state index in [1.165, 1.54) is 22.8 Å². The van der Waals surface area contributed by atoms with Crippen LogP contribution in [-0.2, 0) is 16.4 Å². The molecular formula is C12H13NO4S3. The van der Waals surface area contributed by atoms with E-state index in [4.69, 9.17) is 5.11 Å². The first-order valence-corrected chi connectivity index (χ1v) is 8.92. The predicted octanol–water partition coefficient (Wildman–Crippen LogP) is 2.37. The summed E-state index contributed by atoms with van der Waals surface area (Å²) in [7, 11) is -2.29. The van der Waals surface area contributed by atoms with E-state index >= 15 is 0 Å². The fourth-order valence-corrected chi connectivity index (χ4v) is 4.77. The van der Waals surface area contributed by atoms with Crippen LogP contribution in [0.4, 0.5) is 0 Å². The van der Waals surface area contributed by atoms with Crippen molar-refractivity contribution in [2.24, 2.45) is 0 Å². The van der Waals surface area contributed by atoms with Crippen molar-refractivity contribution >= 4 is 38.7 Å². The number of likely N-dealkylation sites (N-methyl/N-ethyl adjacent to an activating group) is 1. The second kappa shape index (κ2) is 6.04. The Labute approximate surface area is 125 Å². The van der Waals surface area contributed by atoms with Gasteiger partial charge in [-0.05, 0) is 29.3 Å². The van der Waals surface area contributed by atoms with E-state index in [9.17, 15) is 13.2 Å².